The zero-order chi connectivity index (χ0) is 21.4. The van der Waals surface area contributed by atoms with Gasteiger partial charge in [0.1, 0.15) is 23.8 Å². The number of fused-ring (bicyclic) bond motifs is 1. The molecular weight excluding hydrogens is 404 g/mol. The van der Waals surface area contributed by atoms with E-state index in [4.69, 9.17) is 22.1 Å². The van der Waals surface area contributed by atoms with Gasteiger partial charge in [0.25, 0.3) is 5.91 Å². The van der Waals surface area contributed by atoms with Crippen LogP contribution in [0.25, 0.3) is 11.1 Å². The van der Waals surface area contributed by atoms with Crippen molar-refractivity contribution >= 4 is 29.0 Å². The molecule has 0 saturated carbocycles. The van der Waals surface area contributed by atoms with Crippen LogP contribution in [0, 0.1) is 5.92 Å². The lowest BCUT2D eigenvalue weighted by atomic mass is 10.1. The Balaban J connectivity index is 1.67. The van der Waals surface area contributed by atoms with Gasteiger partial charge in [0.15, 0.2) is 0 Å². The van der Waals surface area contributed by atoms with Crippen LogP contribution in [0.3, 0.4) is 0 Å². The van der Waals surface area contributed by atoms with E-state index in [0.717, 1.165) is 17.7 Å². The van der Waals surface area contributed by atoms with Crippen LogP contribution in [0.1, 0.15) is 31.1 Å². The van der Waals surface area contributed by atoms with Gasteiger partial charge in [-0.3, -0.25) is 9.48 Å². The minimum absolute atomic E-state index is 0.0874. The molecular formula is C21H23ClN6O2. The molecule has 9 heteroatoms. The van der Waals surface area contributed by atoms with Crippen LogP contribution < -0.4 is 15.4 Å². The molecule has 2 N–H and O–H groups in total. The van der Waals surface area contributed by atoms with E-state index < -0.39 is 0 Å². The number of anilines is 2. The van der Waals surface area contributed by atoms with Gasteiger partial charge in [-0.1, -0.05) is 31.5 Å². The van der Waals surface area contributed by atoms with Gasteiger partial charge < -0.3 is 15.4 Å². The molecule has 1 unspecified atom stereocenters. The number of nitrogens with two attached hydrogens (primary N) is 1. The summed E-state index contributed by atoms with van der Waals surface area (Å²) in [6.07, 6.45) is 4.78. The minimum Gasteiger partial charge on any atom is -0.472 e. The molecule has 3 heterocycles. The molecule has 0 bridgehead atoms. The van der Waals surface area contributed by atoms with Gasteiger partial charge in [-0.2, -0.15) is 5.10 Å². The summed E-state index contributed by atoms with van der Waals surface area (Å²) in [4.78, 5) is 22.8. The summed E-state index contributed by atoms with van der Waals surface area (Å²) in [7, 11) is 0. The first-order valence-corrected chi connectivity index (χ1v) is 10.1. The molecule has 0 saturated heterocycles. The van der Waals surface area contributed by atoms with Gasteiger partial charge in [-0.25, -0.2) is 9.97 Å². The number of hydrogen-bond acceptors (Lipinski definition) is 6. The zero-order valence-corrected chi connectivity index (χ0v) is 17.8. The van der Waals surface area contributed by atoms with Crippen molar-refractivity contribution in [3.63, 3.8) is 0 Å². The summed E-state index contributed by atoms with van der Waals surface area (Å²) >= 11 is 6.60. The Labute approximate surface area is 179 Å². The van der Waals surface area contributed by atoms with Crippen molar-refractivity contribution in [2.75, 3.05) is 17.2 Å². The molecule has 8 nitrogen and oxygen atoms in total. The second-order valence-corrected chi connectivity index (χ2v) is 8.20. The lowest BCUT2D eigenvalue weighted by Crippen LogP contribution is -2.36. The molecule has 0 spiro atoms. The number of carbonyl (C=O) groups is 1. The third-order valence-corrected chi connectivity index (χ3v) is 5.13. The van der Waals surface area contributed by atoms with Crippen LogP contribution in [0.4, 0.5) is 11.5 Å². The van der Waals surface area contributed by atoms with Crippen LogP contribution in [-0.2, 0) is 6.54 Å². The van der Waals surface area contributed by atoms with Crippen LogP contribution in [0.15, 0.2) is 36.9 Å². The Kier molecular flexibility index (Phi) is 5.34. The van der Waals surface area contributed by atoms with Crippen LogP contribution in [-0.4, -0.2) is 38.3 Å². The first-order valence-electron chi connectivity index (χ1n) is 9.75. The normalized spacial score (nSPS) is 16.4. The van der Waals surface area contributed by atoms with E-state index in [1.165, 1.54) is 6.33 Å². The second-order valence-electron chi connectivity index (χ2n) is 7.79. The highest BCUT2D eigenvalue weighted by Crippen LogP contribution is 2.34. The Morgan fingerprint density at radius 3 is 2.87 bits per heavy atom. The molecule has 1 aromatic carbocycles. The number of nitrogens with zero attached hydrogens (tertiary/aromatic N) is 5. The van der Waals surface area contributed by atoms with E-state index in [1.807, 2.05) is 29.9 Å². The summed E-state index contributed by atoms with van der Waals surface area (Å²) in [5.41, 5.74) is 8.53. The predicted molar refractivity (Wildman–Crippen MR) is 116 cm³/mol. The molecule has 1 amide bonds. The number of amides is 1. The monoisotopic (exact) mass is 426 g/mol. The number of benzene rings is 1. The maximum absolute atomic E-state index is 13.2. The van der Waals surface area contributed by atoms with Gasteiger partial charge in [0.05, 0.1) is 17.8 Å². The van der Waals surface area contributed by atoms with Crippen LogP contribution in [0.2, 0.25) is 5.02 Å². The number of rotatable bonds is 4. The topological polar surface area (TPSA) is 99.2 Å². The van der Waals surface area contributed by atoms with E-state index in [0.29, 0.717) is 23.2 Å². The molecule has 1 aliphatic heterocycles. The van der Waals surface area contributed by atoms with Crippen LogP contribution >= 0.6 is 11.6 Å². The molecule has 0 fully saturated rings. The van der Waals surface area contributed by atoms with E-state index in [1.54, 1.807) is 17.2 Å². The summed E-state index contributed by atoms with van der Waals surface area (Å²) in [6, 6.07) is 5.52. The Hall–Kier alpha value is -3.13. The average molecular weight is 427 g/mol. The summed E-state index contributed by atoms with van der Waals surface area (Å²) in [5, 5.41) is 4.93. The number of ether oxygens (including phenoxy) is 1. The molecule has 4 rings (SSSR count). The lowest BCUT2D eigenvalue weighted by molar-refractivity contribution is 0.0988. The second kappa shape index (κ2) is 7.95. The Bertz CT molecular complexity index is 1100. The molecule has 0 radical (unpaired) electrons. The predicted octanol–water partition coefficient (Wildman–Crippen LogP) is 3.66. The van der Waals surface area contributed by atoms with Crippen molar-refractivity contribution in [2.24, 2.45) is 5.92 Å². The highest BCUT2D eigenvalue weighted by Gasteiger charge is 2.31. The molecule has 1 atom stereocenters. The number of halogens is 1. The average Bonchev–Trinajstić information content (AvgIpc) is 3.07. The third-order valence-electron chi connectivity index (χ3n) is 4.81. The van der Waals surface area contributed by atoms with E-state index in [2.05, 4.69) is 28.9 Å². The lowest BCUT2D eigenvalue weighted by Gasteiger charge is -2.23. The Morgan fingerprint density at radius 1 is 1.33 bits per heavy atom. The summed E-state index contributed by atoms with van der Waals surface area (Å²) in [5.74, 6) is 0.460. The van der Waals surface area contributed by atoms with Gasteiger partial charge in [0, 0.05) is 29.6 Å². The molecule has 1 aliphatic rings. The maximum atomic E-state index is 13.2. The molecule has 30 heavy (non-hydrogen) atoms. The minimum atomic E-state index is -0.319. The van der Waals surface area contributed by atoms with Crippen molar-refractivity contribution in [2.45, 2.75) is 33.4 Å². The Morgan fingerprint density at radius 2 is 2.13 bits per heavy atom. The number of carbonyl (C=O) groups excluding carboxylic acids is 1. The van der Waals surface area contributed by atoms with E-state index in [-0.39, 0.29) is 29.3 Å². The number of hydrogen-bond donors (Lipinski definition) is 1. The SMILES string of the molecule is CC(C)Cn1cc(-c2ccc(N3CC(C)Oc4ncnc(N)c4C3=O)cc2Cl)cn1. The molecule has 0 aliphatic carbocycles. The first kappa shape index (κ1) is 20.2. The maximum Gasteiger partial charge on any atom is 0.267 e. The van der Waals surface area contributed by atoms with Gasteiger partial charge in [-0.05, 0) is 25.0 Å². The standard InChI is InChI=1S/C21H23ClN6O2/c1-12(2)8-27-10-14(7-26-27)16-5-4-15(6-17(16)22)28-9-13(3)30-20-18(21(28)29)19(23)24-11-25-20/h4-7,10-13H,8-9H2,1-3H3,(H2,23,24,25). The highest BCUT2D eigenvalue weighted by atomic mass is 35.5. The summed E-state index contributed by atoms with van der Waals surface area (Å²) < 4.78 is 7.68. The highest BCUT2D eigenvalue weighted by molar-refractivity contribution is 6.33. The fraction of sp³-hybridized carbons (Fsp3) is 0.333. The van der Waals surface area contributed by atoms with Gasteiger partial charge in [-0.15, -0.1) is 0 Å². The largest absolute Gasteiger partial charge is 0.472 e. The summed E-state index contributed by atoms with van der Waals surface area (Å²) in [6.45, 7) is 7.31. The van der Waals surface area contributed by atoms with Gasteiger partial charge >= 0.3 is 0 Å². The number of nitrogen functional groups attached to an aromatic ring is 1. The smallest absolute Gasteiger partial charge is 0.267 e. The van der Waals surface area contributed by atoms with Gasteiger partial charge in [0.2, 0.25) is 5.88 Å². The van der Waals surface area contributed by atoms with E-state index >= 15 is 0 Å². The van der Waals surface area contributed by atoms with Crippen molar-refractivity contribution in [1.82, 2.24) is 19.7 Å². The van der Waals surface area contributed by atoms with Crippen LogP contribution in [0.5, 0.6) is 5.88 Å². The van der Waals surface area contributed by atoms with Crippen molar-refractivity contribution in [1.29, 1.82) is 0 Å². The van der Waals surface area contributed by atoms with Crippen molar-refractivity contribution in [3.8, 4) is 17.0 Å². The van der Waals surface area contributed by atoms with Crippen molar-refractivity contribution in [3.05, 3.63) is 47.5 Å². The van der Waals surface area contributed by atoms with E-state index in [9.17, 15) is 4.79 Å². The fourth-order valence-electron chi connectivity index (χ4n) is 3.48. The number of aromatic nitrogens is 4. The first-order chi connectivity index (χ1) is 14.3. The molecule has 3 aromatic rings. The third kappa shape index (κ3) is 3.82. The zero-order valence-electron chi connectivity index (χ0n) is 17.0. The molecule has 2 aromatic heterocycles. The quantitative estimate of drug-likeness (QED) is 0.683. The molecule has 156 valence electrons. The van der Waals surface area contributed by atoms with Crippen molar-refractivity contribution < 1.29 is 9.53 Å². The fourth-order valence-corrected chi connectivity index (χ4v) is 3.76.